The Balaban J connectivity index is 1.76. The Hall–Kier alpha value is -1.10. The van der Waals surface area contributed by atoms with Gasteiger partial charge in [-0.2, -0.15) is 11.8 Å². The van der Waals surface area contributed by atoms with Gasteiger partial charge < -0.3 is 15.6 Å². The molecule has 0 saturated heterocycles. The van der Waals surface area contributed by atoms with Crippen LogP contribution in [0.15, 0.2) is 12.3 Å². The lowest BCUT2D eigenvalue weighted by atomic mass is 10.2. The first-order valence-electron chi connectivity index (χ1n) is 6.97. The monoisotopic (exact) mass is 281 g/mol. The van der Waals surface area contributed by atoms with E-state index in [1.165, 1.54) is 18.6 Å². The summed E-state index contributed by atoms with van der Waals surface area (Å²) < 4.78 is 2.03. The highest BCUT2D eigenvalue weighted by molar-refractivity contribution is 7.98. The maximum absolute atomic E-state index is 12.1. The van der Waals surface area contributed by atoms with Crippen LogP contribution in [0.25, 0.3) is 0 Å². The van der Waals surface area contributed by atoms with Gasteiger partial charge in [-0.25, -0.2) is 0 Å². The minimum Gasteiger partial charge on any atom is -0.397 e. The van der Waals surface area contributed by atoms with Crippen LogP contribution < -0.4 is 11.1 Å². The lowest BCUT2D eigenvalue weighted by molar-refractivity contribution is 0.0943. The molecule has 1 aromatic rings. The van der Waals surface area contributed by atoms with Crippen molar-refractivity contribution in [3.63, 3.8) is 0 Å². The van der Waals surface area contributed by atoms with Gasteiger partial charge in [0.1, 0.15) is 5.69 Å². The highest BCUT2D eigenvalue weighted by Crippen LogP contribution is 2.37. The van der Waals surface area contributed by atoms with Crippen LogP contribution in [-0.2, 0) is 0 Å². The Morgan fingerprint density at radius 2 is 2.26 bits per heavy atom. The van der Waals surface area contributed by atoms with Crippen LogP contribution in [0.1, 0.15) is 48.6 Å². The lowest BCUT2D eigenvalue weighted by Crippen LogP contribution is -2.26. The van der Waals surface area contributed by atoms with Gasteiger partial charge in [0.15, 0.2) is 0 Å². The zero-order valence-corrected chi connectivity index (χ0v) is 12.3. The van der Waals surface area contributed by atoms with Gasteiger partial charge in [0.2, 0.25) is 0 Å². The van der Waals surface area contributed by atoms with E-state index in [9.17, 15) is 4.79 Å². The summed E-state index contributed by atoms with van der Waals surface area (Å²) in [4.78, 5) is 12.1. The molecular weight excluding hydrogens is 258 g/mol. The van der Waals surface area contributed by atoms with Gasteiger partial charge in [0.25, 0.3) is 5.91 Å². The van der Waals surface area contributed by atoms with Gasteiger partial charge in [-0.1, -0.05) is 6.42 Å². The fourth-order valence-electron chi connectivity index (χ4n) is 2.18. The Labute approximate surface area is 119 Å². The molecule has 0 aromatic carbocycles. The Bertz CT molecular complexity index is 426. The molecule has 2 rings (SSSR count). The van der Waals surface area contributed by atoms with Crippen molar-refractivity contribution in [2.45, 2.75) is 38.1 Å². The van der Waals surface area contributed by atoms with Crippen LogP contribution in [0.5, 0.6) is 0 Å². The first-order chi connectivity index (χ1) is 9.22. The number of thioether (sulfide) groups is 1. The van der Waals surface area contributed by atoms with E-state index < -0.39 is 0 Å². The molecule has 0 spiro atoms. The molecule has 4 nitrogen and oxygen atoms in total. The zero-order valence-electron chi connectivity index (χ0n) is 11.5. The predicted octanol–water partition coefficient (Wildman–Crippen LogP) is 2.67. The Morgan fingerprint density at radius 3 is 2.95 bits per heavy atom. The van der Waals surface area contributed by atoms with Crippen LogP contribution in [0, 0.1) is 0 Å². The molecule has 3 N–H and O–H groups in total. The minimum absolute atomic E-state index is 0.00784. The molecule has 1 saturated carbocycles. The SMILES string of the molecule is CSCCCCCNC(=O)c1cc(N)cn1C1CC1. The quantitative estimate of drug-likeness (QED) is 0.720. The molecule has 0 bridgehead atoms. The molecule has 1 fully saturated rings. The summed E-state index contributed by atoms with van der Waals surface area (Å²) in [5, 5.41) is 2.99. The van der Waals surface area contributed by atoms with E-state index in [0.29, 0.717) is 17.4 Å². The second kappa shape index (κ2) is 6.89. The number of anilines is 1. The normalized spacial score (nSPS) is 14.6. The number of amides is 1. The number of hydrogen-bond acceptors (Lipinski definition) is 3. The van der Waals surface area contributed by atoms with E-state index in [2.05, 4.69) is 11.6 Å². The summed E-state index contributed by atoms with van der Waals surface area (Å²) in [6.07, 6.45) is 9.76. The third-order valence-corrected chi connectivity index (χ3v) is 4.05. The average molecular weight is 281 g/mol. The first-order valence-corrected chi connectivity index (χ1v) is 8.36. The molecule has 106 valence electrons. The topological polar surface area (TPSA) is 60.1 Å². The summed E-state index contributed by atoms with van der Waals surface area (Å²) in [6, 6.07) is 2.26. The number of unbranched alkanes of at least 4 members (excludes halogenated alkanes) is 2. The highest BCUT2D eigenvalue weighted by atomic mass is 32.2. The van der Waals surface area contributed by atoms with Crippen LogP contribution in [0.3, 0.4) is 0 Å². The molecule has 0 aliphatic heterocycles. The van der Waals surface area contributed by atoms with Gasteiger partial charge in [0.05, 0.1) is 5.69 Å². The number of nitrogens with one attached hydrogen (secondary N) is 1. The van der Waals surface area contributed by atoms with Crippen LogP contribution in [0.2, 0.25) is 0 Å². The second-order valence-corrected chi connectivity index (χ2v) is 6.09. The van der Waals surface area contributed by atoms with Crippen LogP contribution in [0.4, 0.5) is 5.69 Å². The molecule has 5 heteroatoms. The van der Waals surface area contributed by atoms with Crippen molar-refractivity contribution in [1.29, 1.82) is 0 Å². The number of nitrogens with two attached hydrogens (primary N) is 1. The van der Waals surface area contributed by atoms with E-state index in [0.717, 1.165) is 25.8 Å². The van der Waals surface area contributed by atoms with E-state index in [4.69, 9.17) is 5.73 Å². The Morgan fingerprint density at radius 1 is 1.47 bits per heavy atom. The average Bonchev–Trinajstić information content (AvgIpc) is 3.16. The number of rotatable bonds is 8. The van der Waals surface area contributed by atoms with Crippen LogP contribution >= 0.6 is 11.8 Å². The van der Waals surface area contributed by atoms with E-state index in [1.807, 2.05) is 22.5 Å². The van der Waals surface area contributed by atoms with Crippen molar-refractivity contribution in [3.05, 3.63) is 18.0 Å². The number of nitrogen functional groups attached to an aromatic ring is 1. The molecule has 0 atom stereocenters. The van der Waals surface area contributed by atoms with Gasteiger partial charge >= 0.3 is 0 Å². The number of hydrogen-bond donors (Lipinski definition) is 2. The molecule has 1 heterocycles. The van der Waals surface area contributed by atoms with Crippen molar-refractivity contribution in [3.8, 4) is 0 Å². The van der Waals surface area contributed by atoms with Gasteiger partial charge in [0, 0.05) is 18.8 Å². The van der Waals surface area contributed by atoms with Gasteiger partial charge in [-0.15, -0.1) is 0 Å². The summed E-state index contributed by atoms with van der Waals surface area (Å²) in [7, 11) is 0. The number of carbonyl (C=O) groups excluding carboxylic acids is 1. The molecule has 0 radical (unpaired) electrons. The highest BCUT2D eigenvalue weighted by Gasteiger charge is 2.27. The van der Waals surface area contributed by atoms with Crippen molar-refractivity contribution in [2.75, 3.05) is 24.3 Å². The third-order valence-electron chi connectivity index (χ3n) is 3.35. The smallest absolute Gasteiger partial charge is 0.267 e. The number of aromatic nitrogens is 1. The maximum atomic E-state index is 12.1. The molecule has 1 aliphatic rings. The first kappa shape index (κ1) is 14.3. The minimum atomic E-state index is 0.00784. The number of nitrogens with zero attached hydrogens (tertiary/aromatic N) is 1. The summed E-state index contributed by atoms with van der Waals surface area (Å²) in [5.74, 6) is 1.21. The largest absolute Gasteiger partial charge is 0.397 e. The standard InChI is InChI=1S/C14H23N3OS/c1-19-8-4-2-3-7-16-14(18)13-9-11(15)10-17(13)12-5-6-12/h9-10,12H,2-8,15H2,1H3,(H,16,18). The van der Waals surface area contributed by atoms with E-state index in [1.54, 1.807) is 6.07 Å². The molecule has 0 unspecified atom stereocenters. The predicted molar refractivity (Wildman–Crippen MR) is 81.7 cm³/mol. The van der Waals surface area contributed by atoms with Crippen molar-refractivity contribution < 1.29 is 4.79 Å². The number of carbonyl (C=O) groups is 1. The maximum Gasteiger partial charge on any atom is 0.267 e. The van der Waals surface area contributed by atoms with E-state index in [-0.39, 0.29) is 5.91 Å². The fraction of sp³-hybridized carbons (Fsp3) is 0.643. The lowest BCUT2D eigenvalue weighted by Gasteiger charge is -2.08. The summed E-state index contributed by atoms with van der Waals surface area (Å²) in [6.45, 7) is 0.753. The Kier molecular flexibility index (Phi) is 5.19. The van der Waals surface area contributed by atoms with Crippen molar-refractivity contribution in [2.24, 2.45) is 0 Å². The van der Waals surface area contributed by atoms with Gasteiger partial charge in [-0.05, 0) is 43.8 Å². The third kappa shape index (κ3) is 4.20. The summed E-state index contributed by atoms with van der Waals surface area (Å²) >= 11 is 1.87. The molecule has 1 amide bonds. The van der Waals surface area contributed by atoms with Crippen LogP contribution in [-0.4, -0.2) is 29.0 Å². The zero-order chi connectivity index (χ0) is 13.7. The molecule has 1 aliphatic carbocycles. The van der Waals surface area contributed by atoms with Crippen molar-refractivity contribution in [1.82, 2.24) is 9.88 Å². The van der Waals surface area contributed by atoms with Gasteiger partial charge in [-0.3, -0.25) is 4.79 Å². The fourth-order valence-corrected chi connectivity index (χ4v) is 2.67. The van der Waals surface area contributed by atoms with E-state index >= 15 is 0 Å². The molecule has 1 aromatic heterocycles. The summed E-state index contributed by atoms with van der Waals surface area (Å²) in [5.41, 5.74) is 7.18. The molecular formula is C14H23N3OS. The van der Waals surface area contributed by atoms with Crippen molar-refractivity contribution >= 4 is 23.4 Å². The second-order valence-electron chi connectivity index (χ2n) is 5.11. The molecule has 19 heavy (non-hydrogen) atoms.